The molecule has 0 heterocycles. The third-order valence-electron chi connectivity index (χ3n) is 1.88. The van der Waals surface area contributed by atoms with Crippen LogP contribution in [-0.2, 0) is 6.42 Å². The van der Waals surface area contributed by atoms with Crippen LogP contribution in [0.1, 0.15) is 24.5 Å². The lowest BCUT2D eigenvalue weighted by atomic mass is 10.0. The first-order valence-corrected chi connectivity index (χ1v) is 4.85. The van der Waals surface area contributed by atoms with Crippen LogP contribution < -0.4 is 0 Å². The minimum atomic E-state index is 0.720. The highest BCUT2D eigenvalue weighted by Crippen LogP contribution is 2.25. The maximum absolute atomic E-state index is 6.03. The van der Waals surface area contributed by atoms with E-state index in [1.807, 2.05) is 13.0 Å². The Balaban J connectivity index is 3.10. The Hall–Kier alpha value is -0.200. The molecule has 12 heavy (non-hydrogen) atoms. The quantitative estimate of drug-likeness (QED) is 0.673. The van der Waals surface area contributed by atoms with Crippen molar-refractivity contribution in [3.05, 3.63) is 33.3 Å². The number of halogens is 2. The summed E-state index contributed by atoms with van der Waals surface area (Å²) in [6.07, 6.45) is 2.14. The lowest BCUT2D eigenvalue weighted by molar-refractivity contribution is 0.913. The molecule has 1 aromatic rings. The lowest BCUT2D eigenvalue weighted by Crippen LogP contribution is -1.89. The molecule has 0 aliphatic carbocycles. The minimum absolute atomic E-state index is 0.720. The number of hydrogen-bond acceptors (Lipinski definition) is 0. The Kier molecular flexibility index (Phi) is 3.42. The molecule has 0 radical (unpaired) electrons. The molecule has 0 aliphatic rings. The van der Waals surface area contributed by atoms with Gasteiger partial charge in [0.25, 0.3) is 0 Å². The van der Waals surface area contributed by atoms with Crippen molar-refractivity contribution in [2.24, 2.45) is 0 Å². The van der Waals surface area contributed by atoms with Crippen LogP contribution in [0.15, 0.2) is 12.1 Å². The summed E-state index contributed by atoms with van der Waals surface area (Å²) in [4.78, 5) is 0. The average molecular weight is 203 g/mol. The van der Waals surface area contributed by atoms with Crippen molar-refractivity contribution in [2.45, 2.75) is 26.7 Å². The van der Waals surface area contributed by atoms with Gasteiger partial charge in [-0.1, -0.05) is 36.5 Å². The fourth-order valence-corrected chi connectivity index (χ4v) is 1.99. The molecule has 0 saturated heterocycles. The zero-order valence-electron chi connectivity index (χ0n) is 7.32. The summed E-state index contributed by atoms with van der Waals surface area (Å²) in [6.45, 7) is 4.19. The third kappa shape index (κ3) is 2.15. The van der Waals surface area contributed by atoms with Gasteiger partial charge in [0.15, 0.2) is 0 Å². The Morgan fingerprint density at radius 3 is 2.42 bits per heavy atom. The van der Waals surface area contributed by atoms with Gasteiger partial charge in [-0.25, -0.2) is 0 Å². The second kappa shape index (κ2) is 4.15. The second-order valence-corrected chi connectivity index (χ2v) is 3.78. The summed E-state index contributed by atoms with van der Waals surface area (Å²) in [7, 11) is 0. The van der Waals surface area contributed by atoms with Crippen LogP contribution >= 0.6 is 23.2 Å². The van der Waals surface area contributed by atoms with Crippen molar-refractivity contribution in [2.75, 3.05) is 0 Å². The molecule has 1 aromatic carbocycles. The van der Waals surface area contributed by atoms with Crippen LogP contribution in [-0.4, -0.2) is 0 Å². The van der Waals surface area contributed by atoms with Crippen LogP contribution in [0.25, 0.3) is 0 Å². The molecule has 0 aliphatic heterocycles. The highest BCUT2D eigenvalue weighted by Gasteiger charge is 2.04. The summed E-state index contributed by atoms with van der Waals surface area (Å²) in [5, 5.41) is 1.51. The molecule has 0 atom stereocenters. The Morgan fingerprint density at radius 2 is 1.92 bits per heavy atom. The van der Waals surface area contributed by atoms with Crippen molar-refractivity contribution in [1.29, 1.82) is 0 Å². The van der Waals surface area contributed by atoms with E-state index < -0.39 is 0 Å². The van der Waals surface area contributed by atoms with Gasteiger partial charge in [0, 0.05) is 10.0 Å². The first kappa shape index (κ1) is 9.88. The van der Waals surface area contributed by atoms with Gasteiger partial charge in [-0.3, -0.25) is 0 Å². The van der Waals surface area contributed by atoms with Crippen LogP contribution in [0.3, 0.4) is 0 Å². The molecule has 0 bridgehead atoms. The molecule has 66 valence electrons. The highest BCUT2D eigenvalue weighted by molar-refractivity contribution is 6.35. The SMILES string of the molecule is CCCc1c(C)cc(Cl)cc1Cl. The van der Waals surface area contributed by atoms with Gasteiger partial charge < -0.3 is 0 Å². The normalized spacial score (nSPS) is 10.3. The van der Waals surface area contributed by atoms with E-state index in [9.17, 15) is 0 Å². The molecule has 0 fully saturated rings. The molecular weight excluding hydrogens is 191 g/mol. The number of aryl methyl sites for hydroxylation is 1. The molecule has 0 spiro atoms. The summed E-state index contributed by atoms with van der Waals surface area (Å²) < 4.78 is 0. The summed E-state index contributed by atoms with van der Waals surface area (Å²) in [5.74, 6) is 0. The van der Waals surface area contributed by atoms with Crippen molar-refractivity contribution in [1.82, 2.24) is 0 Å². The maximum atomic E-state index is 6.03. The molecule has 0 saturated carbocycles. The number of hydrogen-bond donors (Lipinski definition) is 0. The van der Waals surface area contributed by atoms with Gasteiger partial charge in [0.2, 0.25) is 0 Å². The molecule has 0 unspecified atom stereocenters. The zero-order chi connectivity index (χ0) is 9.14. The molecule has 1 rings (SSSR count). The van der Waals surface area contributed by atoms with Gasteiger partial charge in [-0.2, -0.15) is 0 Å². The van der Waals surface area contributed by atoms with Crippen molar-refractivity contribution >= 4 is 23.2 Å². The van der Waals surface area contributed by atoms with E-state index in [2.05, 4.69) is 6.92 Å². The lowest BCUT2D eigenvalue weighted by Gasteiger charge is -2.07. The van der Waals surface area contributed by atoms with Crippen molar-refractivity contribution in [3.8, 4) is 0 Å². The van der Waals surface area contributed by atoms with E-state index >= 15 is 0 Å². The van der Waals surface area contributed by atoms with E-state index in [1.54, 1.807) is 6.07 Å². The first-order chi connectivity index (χ1) is 5.65. The maximum Gasteiger partial charge on any atom is 0.0455 e. The van der Waals surface area contributed by atoms with Crippen LogP contribution in [0.5, 0.6) is 0 Å². The summed E-state index contributed by atoms with van der Waals surface area (Å²) in [5.41, 5.74) is 2.41. The van der Waals surface area contributed by atoms with Gasteiger partial charge in [0.1, 0.15) is 0 Å². The van der Waals surface area contributed by atoms with Gasteiger partial charge in [-0.05, 0) is 36.6 Å². The Labute approximate surface area is 83.5 Å². The largest absolute Gasteiger partial charge is 0.0843 e. The minimum Gasteiger partial charge on any atom is -0.0843 e. The highest BCUT2D eigenvalue weighted by atomic mass is 35.5. The molecule has 0 aromatic heterocycles. The fraction of sp³-hybridized carbons (Fsp3) is 0.400. The Morgan fingerprint density at radius 1 is 1.25 bits per heavy atom. The van der Waals surface area contributed by atoms with E-state index in [0.717, 1.165) is 22.9 Å². The monoisotopic (exact) mass is 202 g/mol. The second-order valence-electron chi connectivity index (χ2n) is 2.93. The zero-order valence-corrected chi connectivity index (χ0v) is 8.84. The smallest absolute Gasteiger partial charge is 0.0455 e. The van der Waals surface area contributed by atoms with E-state index in [4.69, 9.17) is 23.2 Å². The number of rotatable bonds is 2. The topological polar surface area (TPSA) is 0 Å². The van der Waals surface area contributed by atoms with E-state index in [1.165, 1.54) is 11.1 Å². The van der Waals surface area contributed by atoms with Gasteiger partial charge in [0.05, 0.1) is 0 Å². The van der Waals surface area contributed by atoms with Crippen LogP contribution in [0, 0.1) is 6.92 Å². The number of benzene rings is 1. The predicted molar refractivity (Wildman–Crippen MR) is 55.2 cm³/mol. The molecule has 0 nitrogen and oxygen atoms in total. The average Bonchev–Trinajstić information content (AvgIpc) is 1.96. The Bertz CT molecular complexity index is 256. The summed E-state index contributed by atoms with van der Waals surface area (Å²) >= 11 is 11.9. The first-order valence-electron chi connectivity index (χ1n) is 4.09. The standard InChI is InChI=1S/C10H12Cl2/c1-3-4-9-7(2)5-8(11)6-10(9)12/h5-6H,3-4H2,1-2H3. The molecule has 0 N–H and O–H groups in total. The van der Waals surface area contributed by atoms with Crippen molar-refractivity contribution in [3.63, 3.8) is 0 Å². The van der Waals surface area contributed by atoms with Crippen LogP contribution in [0.2, 0.25) is 10.0 Å². The predicted octanol–water partition coefficient (Wildman–Crippen LogP) is 4.25. The molecular formula is C10H12Cl2. The summed E-state index contributed by atoms with van der Waals surface area (Å²) in [6, 6.07) is 3.76. The molecule has 0 amide bonds. The van der Waals surface area contributed by atoms with E-state index in [-0.39, 0.29) is 0 Å². The van der Waals surface area contributed by atoms with Crippen molar-refractivity contribution < 1.29 is 0 Å². The fourth-order valence-electron chi connectivity index (χ4n) is 1.30. The van der Waals surface area contributed by atoms with Gasteiger partial charge in [-0.15, -0.1) is 0 Å². The molecule has 2 heteroatoms. The van der Waals surface area contributed by atoms with E-state index in [0.29, 0.717) is 0 Å². The van der Waals surface area contributed by atoms with Gasteiger partial charge >= 0.3 is 0 Å². The van der Waals surface area contributed by atoms with Crippen LogP contribution in [0.4, 0.5) is 0 Å². The third-order valence-corrected chi connectivity index (χ3v) is 2.44.